The van der Waals surface area contributed by atoms with Crippen molar-refractivity contribution in [2.45, 2.75) is 0 Å². The molecule has 0 aliphatic heterocycles. The zero-order chi connectivity index (χ0) is 12.2. The molecule has 0 aliphatic carbocycles. The van der Waals surface area contributed by atoms with E-state index >= 15 is 0 Å². The molecule has 0 fully saturated rings. The van der Waals surface area contributed by atoms with Crippen LogP contribution in [0.2, 0.25) is 5.15 Å². The van der Waals surface area contributed by atoms with Gasteiger partial charge < -0.3 is 9.87 Å². The molecule has 17 heavy (non-hydrogen) atoms. The van der Waals surface area contributed by atoms with Gasteiger partial charge in [0.05, 0.1) is 17.6 Å². The van der Waals surface area contributed by atoms with Crippen LogP contribution in [0.1, 0.15) is 0 Å². The SMILES string of the molecule is O=C(CSS(=O)(=O)[O-])Nc1ccc(Cl)nc1.[Na+]. The normalized spacial score (nSPS) is 10.5. The Morgan fingerprint density at radius 2 is 2.18 bits per heavy atom. The topological polar surface area (TPSA) is 99.2 Å². The van der Waals surface area contributed by atoms with Crippen LogP contribution in [0, 0.1) is 0 Å². The summed E-state index contributed by atoms with van der Waals surface area (Å²) in [7, 11) is -4.43. The first kappa shape index (κ1) is 17.2. The van der Waals surface area contributed by atoms with Crippen molar-refractivity contribution in [3.63, 3.8) is 0 Å². The molecule has 1 aromatic rings. The minimum Gasteiger partial charge on any atom is -0.739 e. The van der Waals surface area contributed by atoms with E-state index in [1.165, 1.54) is 18.3 Å². The largest absolute Gasteiger partial charge is 1.00 e. The third kappa shape index (κ3) is 7.98. The minimum atomic E-state index is -4.45. The molecule has 1 rings (SSSR count). The van der Waals surface area contributed by atoms with Crippen LogP contribution in [0.3, 0.4) is 0 Å². The molecule has 0 saturated carbocycles. The van der Waals surface area contributed by atoms with Gasteiger partial charge in [-0.2, -0.15) is 0 Å². The van der Waals surface area contributed by atoms with Crippen LogP contribution in [-0.4, -0.2) is 29.6 Å². The van der Waals surface area contributed by atoms with Gasteiger partial charge in [0.25, 0.3) is 0 Å². The zero-order valence-electron chi connectivity index (χ0n) is 8.71. The summed E-state index contributed by atoms with van der Waals surface area (Å²) in [6.45, 7) is 0. The van der Waals surface area contributed by atoms with E-state index in [1.54, 1.807) is 0 Å². The van der Waals surface area contributed by atoms with Gasteiger partial charge in [0, 0.05) is 0 Å². The first-order valence-corrected chi connectivity index (χ1v) is 7.17. The predicted octanol–water partition coefficient (Wildman–Crippen LogP) is -2.13. The fourth-order valence-electron chi connectivity index (χ4n) is 0.773. The Hall–Kier alpha value is 0.170. The fraction of sp³-hybridized carbons (Fsp3) is 0.143. The number of carbonyl (C=O) groups is 1. The average molecular weight is 305 g/mol. The molecule has 0 aliphatic rings. The summed E-state index contributed by atoms with van der Waals surface area (Å²) < 4.78 is 30.7. The predicted molar refractivity (Wildman–Crippen MR) is 60.0 cm³/mol. The molecule has 0 radical (unpaired) electrons. The van der Waals surface area contributed by atoms with E-state index in [4.69, 9.17) is 11.6 Å². The number of rotatable bonds is 4. The van der Waals surface area contributed by atoms with Gasteiger partial charge in [-0.3, -0.25) is 4.79 Å². The minimum absolute atomic E-state index is 0. The van der Waals surface area contributed by atoms with Gasteiger partial charge in [-0.25, -0.2) is 13.4 Å². The van der Waals surface area contributed by atoms with Crippen LogP contribution in [0.25, 0.3) is 0 Å². The molecular formula is C7H6ClN2NaO4S2. The maximum atomic E-state index is 11.1. The molecule has 88 valence electrons. The van der Waals surface area contributed by atoms with Crippen molar-refractivity contribution in [1.82, 2.24) is 4.98 Å². The number of hydrogen-bond acceptors (Lipinski definition) is 6. The molecule has 0 atom stereocenters. The van der Waals surface area contributed by atoms with Gasteiger partial charge in [0.2, 0.25) is 5.91 Å². The maximum absolute atomic E-state index is 11.1. The standard InChI is InChI=1S/C7H7ClN2O4S2.Na/c8-6-2-1-5(3-9-6)10-7(11)4-15-16(12,13)14;/h1-3H,4H2,(H,10,11)(H,12,13,14);/q;+1/p-1. The van der Waals surface area contributed by atoms with Gasteiger partial charge in [0.15, 0.2) is 0 Å². The molecule has 0 saturated heterocycles. The number of halogens is 1. The number of anilines is 1. The smallest absolute Gasteiger partial charge is 0.739 e. The van der Waals surface area contributed by atoms with Gasteiger partial charge in [-0.05, 0) is 22.9 Å². The Bertz CT molecular complexity index is 479. The van der Waals surface area contributed by atoms with Crippen LogP contribution in [0.4, 0.5) is 5.69 Å². The Kier molecular flexibility index (Phi) is 7.65. The molecular weight excluding hydrogens is 299 g/mol. The molecule has 6 nitrogen and oxygen atoms in total. The van der Waals surface area contributed by atoms with Gasteiger partial charge in [-0.15, -0.1) is 0 Å². The molecule has 1 N–H and O–H groups in total. The number of nitrogens with one attached hydrogen (secondary N) is 1. The monoisotopic (exact) mass is 304 g/mol. The summed E-state index contributed by atoms with van der Waals surface area (Å²) in [6.07, 6.45) is 1.32. The molecule has 0 unspecified atom stereocenters. The summed E-state index contributed by atoms with van der Waals surface area (Å²) >= 11 is 5.52. The Labute approximate surface area is 129 Å². The Balaban J connectivity index is 0.00000256. The van der Waals surface area contributed by atoms with E-state index in [0.29, 0.717) is 5.69 Å². The molecule has 0 aromatic carbocycles. The van der Waals surface area contributed by atoms with E-state index in [0.717, 1.165) is 0 Å². The molecule has 1 amide bonds. The van der Waals surface area contributed by atoms with Crippen LogP contribution >= 0.6 is 22.4 Å². The van der Waals surface area contributed by atoms with Gasteiger partial charge >= 0.3 is 29.6 Å². The summed E-state index contributed by atoms with van der Waals surface area (Å²) in [5.74, 6) is -1.07. The van der Waals surface area contributed by atoms with Crippen molar-refractivity contribution < 1.29 is 47.3 Å². The van der Waals surface area contributed by atoms with E-state index in [-0.39, 0.29) is 45.5 Å². The van der Waals surface area contributed by atoms with Crippen LogP contribution < -0.4 is 34.9 Å². The Morgan fingerprint density at radius 1 is 1.53 bits per heavy atom. The van der Waals surface area contributed by atoms with Crippen molar-refractivity contribution >= 4 is 43.1 Å². The number of aromatic nitrogens is 1. The van der Waals surface area contributed by atoms with Crippen LogP contribution in [0.15, 0.2) is 18.3 Å². The third-order valence-corrected chi connectivity index (χ3v) is 3.46. The second kappa shape index (κ2) is 7.57. The second-order valence-electron chi connectivity index (χ2n) is 2.59. The van der Waals surface area contributed by atoms with Gasteiger partial charge in [-0.1, -0.05) is 11.6 Å². The molecule has 0 spiro atoms. The maximum Gasteiger partial charge on any atom is 1.00 e. The van der Waals surface area contributed by atoms with Crippen molar-refractivity contribution in [2.75, 3.05) is 11.1 Å². The molecule has 0 bridgehead atoms. The van der Waals surface area contributed by atoms with Gasteiger partial charge in [0.1, 0.15) is 14.3 Å². The number of hydrogen-bond donors (Lipinski definition) is 1. The number of amides is 1. The van der Waals surface area contributed by atoms with E-state index in [9.17, 15) is 17.8 Å². The summed E-state index contributed by atoms with van der Waals surface area (Å²) in [4.78, 5) is 14.9. The first-order chi connectivity index (χ1) is 7.37. The first-order valence-electron chi connectivity index (χ1n) is 3.88. The quantitative estimate of drug-likeness (QED) is 0.295. The molecule has 10 heteroatoms. The van der Waals surface area contributed by atoms with Crippen LogP contribution in [-0.2, 0) is 13.9 Å². The van der Waals surface area contributed by atoms with Crippen LogP contribution in [0.5, 0.6) is 0 Å². The van der Waals surface area contributed by atoms with E-state index in [1.807, 2.05) is 0 Å². The zero-order valence-corrected chi connectivity index (χ0v) is 13.1. The fourth-order valence-corrected chi connectivity index (χ4v) is 1.96. The summed E-state index contributed by atoms with van der Waals surface area (Å²) in [5.41, 5.74) is 0.373. The average Bonchev–Trinajstić information content (AvgIpc) is 2.18. The number of nitrogens with zero attached hydrogens (tertiary/aromatic N) is 1. The molecule has 1 heterocycles. The van der Waals surface area contributed by atoms with Crippen molar-refractivity contribution in [1.29, 1.82) is 0 Å². The Morgan fingerprint density at radius 3 is 2.65 bits per heavy atom. The van der Waals surface area contributed by atoms with Crippen molar-refractivity contribution in [3.05, 3.63) is 23.5 Å². The summed E-state index contributed by atoms with van der Waals surface area (Å²) in [6, 6.07) is 2.97. The third-order valence-electron chi connectivity index (χ3n) is 1.35. The van der Waals surface area contributed by atoms with E-state index in [2.05, 4.69) is 10.3 Å². The van der Waals surface area contributed by atoms with Crippen molar-refractivity contribution in [2.24, 2.45) is 0 Å². The molecule has 1 aromatic heterocycles. The number of pyridine rings is 1. The second-order valence-corrected chi connectivity index (χ2v) is 6.25. The van der Waals surface area contributed by atoms with E-state index < -0.39 is 20.8 Å². The number of carbonyl (C=O) groups excluding carboxylic acids is 1. The van der Waals surface area contributed by atoms with Crippen molar-refractivity contribution in [3.8, 4) is 0 Å². The summed E-state index contributed by atoms with van der Waals surface area (Å²) in [5, 5.41) is 2.63.